The van der Waals surface area contributed by atoms with Crippen molar-refractivity contribution < 1.29 is 9.90 Å². The molecule has 1 atom stereocenters. The molecule has 0 amide bonds. The highest BCUT2D eigenvalue weighted by atomic mass is 16.4. The molecule has 3 N–H and O–H groups in total. The van der Waals surface area contributed by atoms with Gasteiger partial charge in [-0.1, -0.05) is 54.6 Å². The third-order valence-corrected chi connectivity index (χ3v) is 4.88. The maximum atomic E-state index is 12.1. The Labute approximate surface area is 151 Å². The van der Waals surface area contributed by atoms with Crippen LogP contribution in [0.5, 0.6) is 0 Å². The van der Waals surface area contributed by atoms with Gasteiger partial charge in [-0.05, 0) is 30.5 Å². The van der Waals surface area contributed by atoms with Gasteiger partial charge in [-0.2, -0.15) is 5.10 Å². The zero-order valence-corrected chi connectivity index (χ0v) is 14.6. The number of nitrogens with zero attached hydrogens (tertiary/aromatic N) is 1. The highest BCUT2D eigenvalue weighted by Crippen LogP contribution is 2.45. The number of carboxylic acid groups (broad SMARTS) is 1. The summed E-state index contributed by atoms with van der Waals surface area (Å²) in [6.07, 6.45) is 0. The van der Waals surface area contributed by atoms with E-state index in [9.17, 15) is 9.90 Å². The molecule has 0 saturated heterocycles. The Kier molecular flexibility index (Phi) is 3.84. The molecule has 1 aliphatic heterocycles. The van der Waals surface area contributed by atoms with Crippen LogP contribution in [0.2, 0.25) is 0 Å². The molecule has 1 aromatic heterocycles. The van der Waals surface area contributed by atoms with Crippen LogP contribution in [-0.4, -0.2) is 21.3 Å². The number of rotatable bonds is 3. The summed E-state index contributed by atoms with van der Waals surface area (Å²) >= 11 is 0. The molecule has 0 radical (unpaired) electrons. The number of carbonyl (C=O) groups is 1. The van der Waals surface area contributed by atoms with E-state index in [2.05, 4.69) is 15.5 Å². The molecule has 5 nitrogen and oxygen atoms in total. The fourth-order valence-electron chi connectivity index (χ4n) is 3.66. The van der Waals surface area contributed by atoms with Crippen molar-refractivity contribution in [1.82, 2.24) is 10.2 Å². The number of hydrogen-bond acceptors (Lipinski definition) is 3. The number of hydrogen-bond donors (Lipinski definition) is 3. The standard InChI is InChI=1S/C21H19N3O2/c1-12-8-6-7-11-15(12)17-16(21(25)26)13(2)22-20-18(17)19(23-24-20)14-9-4-3-5-10-14/h3-11,17H,1-2H3,(H,25,26)(H2,22,23,24). The lowest BCUT2D eigenvalue weighted by atomic mass is 9.79. The zero-order valence-electron chi connectivity index (χ0n) is 14.6. The van der Waals surface area contributed by atoms with E-state index >= 15 is 0 Å². The fourth-order valence-corrected chi connectivity index (χ4v) is 3.66. The molecule has 3 aromatic rings. The summed E-state index contributed by atoms with van der Waals surface area (Å²) in [7, 11) is 0. The third-order valence-electron chi connectivity index (χ3n) is 4.88. The number of aliphatic carboxylic acids is 1. The summed E-state index contributed by atoms with van der Waals surface area (Å²) in [4.78, 5) is 12.1. The zero-order chi connectivity index (χ0) is 18.3. The van der Waals surface area contributed by atoms with E-state index in [1.165, 1.54) is 0 Å². The minimum absolute atomic E-state index is 0.352. The summed E-state index contributed by atoms with van der Waals surface area (Å²) in [6, 6.07) is 17.8. The summed E-state index contributed by atoms with van der Waals surface area (Å²) in [5, 5.41) is 20.6. The molecular weight excluding hydrogens is 326 g/mol. The van der Waals surface area contributed by atoms with Gasteiger partial charge in [0.25, 0.3) is 0 Å². The van der Waals surface area contributed by atoms with Crippen LogP contribution in [0.15, 0.2) is 65.9 Å². The minimum Gasteiger partial charge on any atom is -0.478 e. The number of aromatic amines is 1. The molecule has 0 bridgehead atoms. The number of aryl methyl sites for hydroxylation is 1. The molecule has 0 aliphatic carbocycles. The predicted octanol–water partition coefficient (Wildman–Crippen LogP) is 4.30. The number of nitrogens with one attached hydrogen (secondary N) is 2. The first-order valence-electron chi connectivity index (χ1n) is 8.48. The van der Waals surface area contributed by atoms with E-state index in [0.717, 1.165) is 27.9 Å². The van der Waals surface area contributed by atoms with Gasteiger partial charge in [0, 0.05) is 17.2 Å². The van der Waals surface area contributed by atoms with Crippen LogP contribution in [0.4, 0.5) is 5.82 Å². The largest absolute Gasteiger partial charge is 0.478 e. The van der Waals surface area contributed by atoms with Crippen LogP contribution in [0.25, 0.3) is 11.3 Å². The molecule has 1 unspecified atom stereocenters. The second kappa shape index (κ2) is 6.19. The highest BCUT2D eigenvalue weighted by Gasteiger charge is 2.36. The Balaban J connectivity index is 2.00. The van der Waals surface area contributed by atoms with Crippen molar-refractivity contribution in [3.63, 3.8) is 0 Å². The second-order valence-corrected chi connectivity index (χ2v) is 6.49. The number of fused-ring (bicyclic) bond motifs is 1. The average Bonchev–Trinajstić information content (AvgIpc) is 3.05. The molecule has 0 saturated carbocycles. The van der Waals surface area contributed by atoms with Gasteiger partial charge in [-0.25, -0.2) is 4.79 Å². The van der Waals surface area contributed by atoms with Crippen molar-refractivity contribution >= 4 is 11.8 Å². The summed E-state index contributed by atoms with van der Waals surface area (Å²) in [5.74, 6) is -0.632. The number of aromatic nitrogens is 2. The lowest BCUT2D eigenvalue weighted by Crippen LogP contribution is -2.23. The van der Waals surface area contributed by atoms with Crippen LogP contribution in [0, 0.1) is 6.92 Å². The lowest BCUT2D eigenvalue weighted by Gasteiger charge is -2.28. The van der Waals surface area contributed by atoms with Gasteiger partial charge in [0.05, 0.1) is 11.3 Å². The van der Waals surface area contributed by atoms with Gasteiger partial charge in [0.2, 0.25) is 0 Å². The van der Waals surface area contributed by atoms with Gasteiger partial charge < -0.3 is 10.4 Å². The summed E-state index contributed by atoms with van der Waals surface area (Å²) < 4.78 is 0. The number of benzene rings is 2. The van der Waals surface area contributed by atoms with Gasteiger partial charge in [0.15, 0.2) is 5.82 Å². The van der Waals surface area contributed by atoms with Crippen LogP contribution in [-0.2, 0) is 4.79 Å². The third kappa shape index (κ3) is 2.49. The van der Waals surface area contributed by atoms with Gasteiger partial charge in [0.1, 0.15) is 0 Å². The molecular formula is C21H19N3O2. The Bertz CT molecular complexity index is 1020. The minimum atomic E-state index is -0.922. The van der Waals surface area contributed by atoms with E-state index in [0.29, 0.717) is 17.1 Å². The monoisotopic (exact) mass is 345 g/mol. The van der Waals surface area contributed by atoms with Crippen molar-refractivity contribution in [3.05, 3.63) is 82.6 Å². The van der Waals surface area contributed by atoms with Crippen LogP contribution in [0.1, 0.15) is 29.5 Å². The molecule has 0 fully saturated rings. The Hall–Kier alpha value is -3.34. The van der Waals surface area contributed by atoms with E-state index in [1.54, 1.807) is 6.92 Å². The average molecular weight is 345 g/mol. The quantitative estimate of drug-likeness (QED) is 0.661. The van der Waals surface area contributed by atoms with Crippen molar-refractivity contribution in [3.8, 4) is 11.3 Å². The van der Waals surface area contributed by atoms with Crippen molar-refractivity contribution in [2.45, 2.75) is 19.8 Å². The molecule has 4 rings (SSSR count). The Morgan fingerprint density at radius 3 is 2.42 bits per heavy atom. The maximum absolute atomic E-state index is 12.1. The molecule has 2 heterocycles. The molecule has 26 heavy (non-hydrogen) atoms. The van der Waals surface area contributed by atoms with Crippen molar-refractivity contribution in [2.24, 2.45) is 0 Å². The second-order valence-electron chi connectivity index (χ2n) is 6.49. The molecule has 2 aromatic carbocycles. The first kappa shape index (κ1) is 16.1. The predicted molar refractivity (Wildman–Crippen MR) is 101 cm³/mol. The Morgan fingerprint density at radius 2 is 1.73 bits per heavy atom. The first-order chi connectivity index (χ1) is 12.6. The SMILES string of the molecule is CC1=C(C(=O)O)C(c2ccccc2C)c2c(n[nH]c2-c2ccccc2)N1. The molecule has 5 heteroatoms. The van der Waals surface area contributed by atoms with E-state index in [4.69, 9.17) is 0 Å². The summed E-state index contributed by atoms with van der Waals surface area (Å²) in [6.45, 7) is 3.79. The van der Waals surface area contributed by atoms with Crippen LogP contribution in [0.3, 0.4) is 0 Å². The van der Waals surface area contributed by atoms with Gasteiger partial charge in [-0.15, -0.1) is 0 Å². The summed E-state index contributed by atoms with van der Waals surface area (Å²) in [5.41, 5.74) is 5.68. The number of anilines is 1. The van der Waals surface area contributed by atoms with E-state index < -0.39 is 5.97 Å². The highest BCUT2D eigenvalue weighted by molar-refractivity contribution is 5.94. The number of allylic oxidation sites excluding steroid dienone is 1. The fraction of sp³-hybridized carbons (Fsp3) is 0.143. The maximum Gasteiger partial charge on any atom is 0.334 e. The molecule has 0 spiro atoms. The lowest BCUT2D eigenvalue weighted by molar-refractivity contribution is -0.132. The Morgan fingerprint density at radius 1 is 1.04 bits per heavy atom. The number of H-pyrrole nitrogens is 1. The van der Waals surface area contributed by atoms with Gasteiger partial charge in [-0.3, -0.25) is 5.10 Å². The van der Waals surface area contributed by atoms with Crippen LogP contribution < -0.4 is 5.32 Å². The van der Waals surface area contributed by atoms with Crippen molar-refractivity contribution in [1.29, 1.82) is 0 Å². The van der Waals surface area contributed by atoms with E-state index in [1.807, 2.05) is 61.5 Å². The topological polar surface area (TPSA) is 78.0 Å². The van der Waals surface area contributed by atoms with E-state index in [-0.39, 0.29) is 5.92 Å². The van der Waals surface area contributed by atoms with Crippen molar-refractivity contribution in [2.75, 3.05) is 5.32 Å². The molecule has 130 valence electrons. The molecule has 1 aliphatic rings. The van der Waals surface area contributed by atoms with Crippen LogP contribution >= 0.6 is 0 Å². The first-order valence-corrected chi connectivity index (χ1v) is 8.48. The van der Waals surface area contributed by atoms with Gasteiger partial charge >= 0.3 is 5.97 Å². The smallest absolute Gasteiger partial charge is 0.334 e. The normalized spacial score (nSPS) is 16.2. The number of carboxylic acids is 1.